The van der Waals surface area contributed by atoms with Gasteiger partial charge in [0.25, 0.3) is 0 Å². The third-order valence-corrected chi connectivity index (χ3v) is 3.41. The number of unbranched alkanes of at least 4 members (excludes halogenated alkanes) is 1. The predicted octanol–water partition coefficient (Wildman–Crippen LogP) is 1.64. The molecule has 1 aromatic rings. The molecule has 0 fully saturated rings. The van der Waals surface area contributed by atoms with Crippen LogP contribution < -0.4 is 5.73 Å². The molecular formula is C17H23NO6. The fourth-order valence-corrected chi connectivity index (χ4v) is 1.88. The van der Waals surface area contributed by atoms with Crippen LogP contribution in [0.25, 0.3) is 0 Å². The summed E-state index contributed by atoms with van der Waals surface area (Å²) in [4.78, 5) is 35.2. The zero-order valence-electron chi connectivity index (χ0n) is 13.7. The summed E-state index contributed by atoms with van der Waals surface area (Å²) in [6, 6.07) is 8.88. The molecule has 0 bridgehead atoms. The minimum atomic E-state index is -2.12. The van der Waals surface area contributed by atoms with E-state index in [1.807, 2.05) is 13.0 Å². The standard InChI is InChI=1S/C17H23NO6/c1-2-3-11-23-15(21)17(18,10-9-14(19)20)16(22)24-12-13-7-5-4-6-8-13/h4-8H,2-3,9-12,18H2,1H3,(H,19,20). The summed E-state index contributed by atoms with van der Waals surface area (Å²) in [6.45, 7) is 1.98. The molecule has 1 aromatic carbocycles. The fraction of sp³-hybridized carbons (Fsp3) is 0.471. The third kappa shape index (κ3) is 6.00. The van der Waals surface area contributed by atoms with Crippen LogP contribution in [0.15, 0.2) is 30.3 Å². The molecule has 24 heavy (non-hydrogen) atoms. The Balaban J connectivity index is 2.76. The molecule has 1 rings (SSSR count). The Morgan fingerprint density at radius 2 is 1.75 bits per heavy atom. The fourth-order valence-electron chi connectivity index (χ4n) is 1.88. The molecule has 0 saturated carbocycles. The highest BCUT2D eigenvalue weighted by Crippen LogP contribution is 2.16. The maximum Gasteiger partial charge on any atom is 0.338 e. The zero-order valence-corrected chi connectivity index (χ0v) is 13.7. The first-order valence-electron chi connectivity index (χ1n) is 7.79. The zero-order chi connectivity index (χ0) is 18.0. The van der Waals surface area contributed by atoms with Crippen LogP contribution in [0, 0.1) is 0 Å². The van der Waals surface area contributed by atoms with Crippen LogP contribution in [0.3, 0.4) is 0 Å². The molecule has 1 atom stereocenters. The lowest BCUT2D eigenvalue weighted by Crippen LogP contribution is -2.56. The van der Waals surface area contributed by atoms with Crippen molar-refractivity contribution in [1.29, 1.82) is 0 Å². The normalized spacial score (nSPS) is 12.9. The van der Waals surface area contributed by atoms with Gasteiger partial charge in [-0.25, -0.2) is 9.59 Å². The van der Waals surface area contributed by atoms with Gasteiger partial charge in [-0.3, -0.25) is 4.79 Å². The van der Waals surface area contributed by atoms with Crippen molar-refractivity contribution in [2.24, 2.45) is 5.73 Å². The smallest absolute Gasteiger partial charge is 0.338 e. The Labute approximate surface area is 140 Å². The number of aliphatic carboxylic acids is 1. The van der Waals surface area contributed by atoms with Crippen molar-refractivity contribution in [3.63, 3.8) is 0 Å². The molecule has 7 heteroatoms. The van der Waals surface area contributed by atoms with E-state index in [-0.39, 0.29) is 19.6 Å². The van der Waals surface area contributed by atoms with Gasteiger partial charge in [-0.15, -0.1) is 0 Å². The van der Waals surface area contributed by atoms with Gasteiger partial charge in [0, 0.05) is 6.42 Å². The largest absolute Gasteiger partial charge is 0.481 e. The van der Waals surface area contributed by atoms with Crippen LogP contribution >= 0.6 is 0 Å². The lowest BCUT2D eigenvalue weighted by molar-refractivity contribution is -0.166. The highest BCUT2D eigenvalue weighted by atomic mass is 16.6. The van der Waals surface area contributed by atoms with Crippen molar-refractivity contribution in [2.45, 2.75) is 44.8 Å². The summed E-state index contributed by atoms with van der Waals surface area (Å²) in [5, 5.41) is 8.80. The third-order valence-electron chi connectivity index (χ3n) is 3.41. The maximum atomic E-state index is 12.3. The lowest BCUT2D eigenvalue weighted by atomic mass is 9.94. The molecule has 0 spiro atoms. The number of benzene rings is 1. The second-order valence-corrected chi connectivity index (χ2v) is 5.42. The minimum absolute atomic E-state index is 0.0616. The van der Waals surface area contributed by atoms with Gasteiger partial charge < -0.3 is 20.3 Å². The van der Waals surface area contributed by atoms with E-state index in [0.29, 0.717) is 6.42 Å². The van der Waals surface area contributed by atoms with Gasteiger partial charge in [0.15, 0.2) is 0 Å². The van der Waals surface area contributed by atoms with Crippen molar-refractivity contribution in [1.82, 2.24) is 0 Å². The minimum Gasteiger partial charge on any atom is -0.481 e. The number of hydrogen-bond acceptors (Lipinski definition) is 6. The van der Waals surface area contributed by atoms with Crippen molar-refractivity contribution in [3.05, 3.63) is 35.9 Å². The number of carbonyl (C=O) groups is 3. The van der Waals surface area contributed by atoms with Crippen molar-refractivity contribution < 1.29 is 29.0 Å². The van der Waals surface area contributed by atoms with E-state index < -0.39 is 29.9 Å². The number of rotatable bonds is 10. The van der Waals surface area contributed by atoms with Gasteiger partial charge in [-0.1, -0.05) is 43.7 Å². The van der Waals surface area contributed by atoms with Crippen molar-refractivity contribution in [3.8, 4) is 0 Å². The van der Waals surface area contributed by atoms with Crippen LogP contribution in [-0.4, -0.2) is 35.2 Å². The molecule has 0 aliphatic carbocycles. The second kappa shape index (κ2) is 9.67. The first-order valence-corrected chi connectivity index (χ1v) is 7.79. The molecule has 0 radical (unpaired) electrons. The van der Waals surface area contributed by atoms with Gasteiger partial charge in [-0.05, 0) is 18.4 Å². The van der Waals surface area contributed by atoms with Crippen LogP contribution in [0.2, 0.25) is 0 Å². The monoisotopic (exact) mass is 337 g/mol. The van der Waals surface area contributed by atoms with E-state index in [2.05, 4.69) is 0 Å². The van der Waals surface area contributed by atoms with Gasteiger partial charge >= 0.3 is 17.9 Å². The molecule has 7 nitrogen and oxygen atoms in total. The molecular weight excluding hydrogens is 314 g/mol. The second-order valence-electron chi connectivity index (χ2n) is 5.42. The van der Waals surface area contributed by atoms with Crippen LogP contribution in [0.4, 0.5) is 0 Å². The Bertz CT molecular complexity index is 559. The Morgan fingerprint density at radius 3 is 2.33 bits per heavy atom. The van der Waals surface area contributed by atoms with Gasteiger partial charge in [0.1, 0.15) is 6.61 Å². The SMILES string of the molecule is CCCCOC(=O)C(N)(CCC(=O)O)C(=O)OCc1ccccc1. The van der Waals surface area contributed by atoms with Crippen LogP contribution in [0.1, 0.15) is 38.2 Å². The van der Waals surface area contributed by atoms with Crippen molar-refractivity contribution >= 4 is 17.9 Å². The summed E-state index contributed by atoms with van der Waals surface area (Å²) in [6.07, 6.45) is 0.596. The summed E-state index contributed by atoms with van der Waals surface area (Å²) >= 11 is 0. The average molecular weight is 337 g/mol. The summed E-state index contributed by atoms with van der Waals surface area (Å²) in [5.41, 5.74) is 4.47. The number of nitrogens with two attached hydrogens (primary N) is 1. The van der Waals surface area contributed by atoms with E-state index in [4.69, 9.17) is 20.3 Å². The highest BCUT2D eigenvalue weighted by molar-refractivity contribution is 6.05. The summed E-state index contributed by atoms with van der Waals surface area (Å²) in [5.74, 6) is -3.12. The number of carboxylic acid groups (broad SMARTS) is 1. The summed E-state index contributed by atoms with van der Waals surface area (Å²) in [7, 11) is 0. The highest BCUT2D eigenvalue weighted by Gasteiger charge is 2.45. The Hall–Kier alpha value is -2.41. The number of carbonyl (C=O) groups excluding carboxylic acids is 2. The van der Waals surface area contributed by atoms with E-state index in [9.17, 15) is 14.4 Å². The van der Waals surface area contributed by atoms with E-state index >= 15 is 0 Å². The molecule has 0 heterocycles. The van der Waals surface area contributed by atoms with Gasteiger partial charge in [0.05, 0.1) is 6.61 Å². The van der Waals surface area contributed by atoms with E-state index in [0.717, 1.165) is 12.0 Å². The number of esters is 2. The topological polar surface area (TPSA) is 116 Å². The Kier molecular flexibility index (Phi) is 7.91. The van der Waals surface area contributed by atoms with E-state index in [1.54, 1.807) is 24.3 Å². The molecule has 0 saturated heterocycles. The van der Waals surface area contributed by atoms with Gasteiger partial charge in [0.2, 0.25) is 5.54 Å². The quantitative estimate of drug-likeness (QED) is 0.379. The first-order chi connectivity index (χ1) is 11.4. The van der Waals surface area contributed by atoms with E-state index in [1.165, 1.54) is 0 Å². The number of ether oxygens (including phenoxy) is 2. The molecule has 0 aromatic heterocycles. The predicted molar refractivity (Wildman–Crippen MR) is 85.9 cm³/mol. The molecule has 0 aliphatic heterocycles. The van der Waals surface area contributed by atoms with Crippen LogP contribution in [0.5, 0.6) is 0 Å². The number of hydrogen-bond donors (Lipinski definition) is 2. The maximum absolute atomic E-state index is 12.3. The molecule has 3 N–H and O–H groups in total. The number of carboxylic acids is 1. The lowest BCUT2D eigenvalue weighted by Gasteiger charge is -2.24. The Morgan fingerprint density at radius 1 is 1.12 bits per heavy atom. The molecule has 0 aliphatic rings. The molecule has 0 amide bonds. The van der Waals surface area contributed by atoms with Crippen LogP contribution in [-0.2, 0) is 30.5 Å². The first kappa shape index (κ1) is 19.6. The van der Waals surface area contributed by atoms with Crippen molar-refractivity contribution in [2.75, 3.05) is 6.61 Å². The molecule has 132 valence electrons. The average Bonchev–Trinajstić information content (AvgIpc) is 2.58. The van der Waals surface area contributed by atoms with Gasteiger partial charge in [-0.2, -0.15) is 0 Å². The summed E-state index contributed by atoms with van der Waals surface area (Å²) < 4.78 is 10.1. The molecule has 1 unspecified atom stereocenters.